The van der Waals surface area contributed by atoms with E-state index >= 15 is 0 Å². The van der Waals surface area contributed by atoms with Gasteiger partial charge >= 0.3 is 0 Å². The Morgan fingerprint density at radius 1 is 1.06 bits per heavy atom. The van der Waals surface area contributed by atoms with Crippen LogP contribution in [-0.4, -0.2) is 47.9 Å². The number of hydrogen-bond acceptors (Lipinski definition) is 4. The van der Waals surface area contributed by atoms with Gasteiger partial charge in [0.05, 0.1) is 11.9 Å². The van der Waals surface area contributed by atoms with E-state index in [9.17, 15) is 9.59 Å². The number of hydrogen-bond donors (Lipinski definition) is 2. The molecular weight excluding hydrogens is 410 g/mol. The zero-order chi connectivity index (χ0) is 21.5. The van der Waals surface area contributed by atoms with E-state index in [0.29, 0.717) is 31.0 Å². The van der Waals surface area contributed by atoms with E-state index in [1.165, 1.54) is 11.8 Å². The molecule has 0 radical (unpaired) electrons. The molecule has 0 saturated carbocycles. The van der Waals surface area contributed by atoms with Crippen molar-refractivity contribution in [1.29, 1.82) is 0 Å². The van der Waals surface area contributed by atoms with Crippen molar-refractivity contribution in [2.24, 2.45) is 0 Å². The Morgan fingerprint density at radius 2 is 1.87 bits per heavy atom. The lowest BCUT2D eigenvalue weighted by Crippen LogP contribution is -2.32. The van der Waals surface area contributed by atoms with Crippen LogP contribution in [0.25, 0.3) is 10.9 Å². The molecule has 2 heterocycles. The van der Waals surface area contributed by atoms with E-state index in [2.05, 4.69) is 33.5 Å². The maximum Gasteiger partial charge on any atom is 0.251 e. The van der Waals surface area contributed by atoms with E-state index in [4.69, 9.17) is 4.74 Å². The first-order chi connectivity index (χ1) is 15.2. The molecule has 1 aliphatic rings. The highest BCUT2D eigenvalue weighted by molar-refractivity contribution is 8.00. The average molecular weight is 438 g/mol. The van der Waals surface area contributed by atoms with Crippen molar-refractivity contribution in [3.63, 3.8) is 0 Å². The molecule has 1 saturated heterocycles. The Labute approximate surface area is 186 Å². The van der Waals surface area contributed by atoms with Gasteiger partial charge in [0, 0.05) is 53.8 Å². The fraction of sp³-hybridized carbons (Fsp3) is 0.333. The predicted molar refractivity (Wildman–Crippen MR) is 123 cm³/mol. The first-order valence-electron chi connectivity index (χ1n) is 10.6. The van der Waals surface area contributed by atoms with Gasteiger partial charge in [-0.25, -0.2) is 0 Å². The number of carbonyl (C=O) groups is 2. The molecule has 0 bridgehead atoms. The SMILES string of the molecule is O=C(CSc1cn(CCNC(=O)c2ccccc2)c2ccccc12)NC[C@@H]1CCCO1. The van der Waals surface area contributed by atoms with Crippen LogP contribution in [0.15, 0.2) is 65.7 Å². The van der Waals surface area contributed by atoms with Crippen LogP contribution in [0.4, 0.5) is 0 Å². The second kappa shape index (κ2) is 10.5. The highest BCUT2D eigenvalue weighted by atomic mass is 32.2. The second-order valence-corrected chi connectivity index (χ2v) is 8.57. The largest absolute Gasteiger partial charge is 0.376 e. The first-order valence-corrected chi connectivity index (χ1v) is 11.6. The third-order valence-electron chi connectivity index (χ3n) is 5.34. The van der Waals surface area contributed by atoms with Crippen LogP contribution in [0.3, 0.4) is 0 Å². The molecule has 7 heteroatoms. The third-order valence-corrected chi connectivity index (χ3v) is 6.38. The summed E-state index contributed by atoms with van der Waals surface area (Å²) in [5.41, 5.74) is 1.75. The summed E-state index contributed by atoms with van der Waals surface area (Å²) < 4.78 is 7.69. The van der Waals surface area contributed by atoms with Gasteiger partial charge in [-0.2, -0.15) is 0 Å². The van der Waals surface area contributed by atoms with Gasteiger partial charge in [0.15, 0.2) is 0 Å². The lowest BCUT2D eigenvalue weighted by molar-refractivity contribution is -0.119. The molecule has 31 heavy (non-hydrogen) atoms. The van der Waals surface area contributed by atoms with Crippen LogP contribution in [0.1, 0.15) is 23.2 Å². The van der Waals surface area contributed by atoms with Crippen molar-refractivity contribution in [3.05, 3.63) is 66.4 Å². The van der Waals surface area contributed by atoms with Crippen molar-refractivity contribution in [1.82, 2.24) is 15.2 Å². The molecule has 2 amide bonds. The number of carbonyl (C=O) groups excluding carboxylic acids is 2. The van der Waals surface area contributed by atoms with E-state index in [-0.39, 0.29) is 17.9 Å². The molecule has 3 aromatic rings. The van der Waals surface area contributed by atoms with E-state index in [1.54, 1.807) is 12.1 Å². The second-order valence-electron chi connectivity index (χ2n) is 7.55. The van der Waals surface area contributed by atoms with E-state index in [0.717, 1.165) is 35.2 Å². The fourth-order valence-electron chi connectivity index (χ4n) is 3.72. The molecule has 1 fully saturated rings. The Balaban J connectivity index is 1.33. The number of nitrogens with zero attached hydrogens (tertiary/aromatic N) is 1. The minimum atomic E-state index is -0.0745. The Bertz CT molecular complexity index is 1030. The molecule has 6 nitrogen and oxygen atoms in total. The lowest BCUT2D eigenvalue weighted by atomic mass is 10.2. The fourth-order valence-corrected chi connectivity index (χ4v) is 4.64. The summed E-state index contributed by atoms with van der Waals surface area (Å²) in [4.78, 5) is 25.6. The smallest absolute Gasteiger partial charge is 0.251 e. The highest BCUT2D eigenvalue weighted by Crippen LogP contribution is 2.29. The summed E-state index contributed by atoms with van der Waals surface area (Å²) in [5, 5.41) is 7.06. The number of para-hydroxylation sites is 1. The van der Waals surface area contributed by atoms with Gasteiger partial charge < -0.3 is 19.9 Å². The van der Waals surface area contributed by atoms with Gasteiger partial charge in [-0.05, 0) is 31.0 Å². The van der Waals surface area contributed by atoms with Crippen molar-refractivity contribution < 1.29 is 14.3 Å². The van der Waals surface area contributed by atoms with Gasteiger partial charge in [0.25, 0.3) is 5.91 Å². The van der Waals surface area contributed by atoms with Crippen LogP contribution in [0.5, 0.6) is 0 Å². The quantitative estimate of drug-likeness (QED) is 0.503. The maximum atomic E-state index is 12.3. The summed E-state index contributed by atoms with van der Waals surface area (Å²) in [6.07, 6.45) is 4.31. The monoisotopic (exact) mass is 437 g/mol. The number of nitrogens with one attached hydrogen (secondary N) is 2. The Kier molecular flexibility index (Phi) is 7.27. The molecule has 162 valence electrons. The number of ether oxygens (including phenoxy) is 1. The van der Waals surface area contributed by atoms with Gasteiger partial charge in [0.2, 0.25) is 5.91 Å². The minimum Gasteiger partial charge on any atom is -0.376 e. The number of thioether (sulfide) groups is 1. The van der Waals surface area contributed by atoms with Crippen molar-refractivity contribution in [3.8, 4) is 0 Å². The van der Waals surface area contributed by atoms with Gasteiger partial charge in [-0.15, -0.1) is 11.8 Å². The van der Waals surface area contributed by atoms with Crippen LogP contribution < -0.4 is 10.6 Å². The molecule has 0 spiro atoms. The molecule has 2 aromatic carbocycles. The number of amides is 2. The van der Waals surface area contributed by atoms with Crippen LogP contribution in [0.2, 0.25) is 0 Å². The molecule has 0 aliphatic carbocycles. The van der Waals surface area contributed by atoms with Crippen molar-refractivity contribution in [2.45, 2.75) is 30.4 Å². The molecule has 1 aromatic heterocycles. The molecule has 0 unspecified atom stereocenters. The number of rotatable bonds is 9. The Morgan fingerprint density at radius 3 is 2.68 bits per heavy atom. The molecular formula is C24H27N3O3S. The first kappa shape index (κ1) is 21.5. The average Bonchev–Trinajstić information content (AvgIpc) is 3.45. The Hall–Kier alpha value is -2.77. The summed E-state index contributed by atoms with van der Waals surface area (Å²) in [7, 11) is 0. The van der Waals surface area contributed by atoms with Gasteiger partial charge in [0.1, 0.15) is 0 Å². The number of benzene rings is 2. The number of aromatic nitrogens is 1. The van der Waals surface area contributed by atoms with Crippen molar-refractivity contribution in [2.75, 3.05) is 25.4 Å². The molecule has 1 aliphatic heterocycles. The molecule has 1 atom stereocenters. The summed E-state index contributed by atoms with van der Waals surface area (Å²) in [5.74, 6) is 0.313. The van der Waals surface area contributed by atoms with Crippen LogP contribution >= 0.6 is 11.8 Å². The zero-order valence-electron chi connectivity index (χ0n) is 17.4. The van der Waals surface area contributed by atoms with Gasteiger partial charge in [-0.3, -0.25) is 9.59 Å². The molecule has 4 rings (SSSR count). The lowest BCUT2D eigenvalue weighted by Gasteiger charge is -2.10. The van der Waals surface area contributed by atoms with Crippen LogP contribution in [-0.2, 0) is 16.1 Å². The van der Waals surface area contributed by atoms with Crippen molar-refractivity contribution >= 4 is 34.5 Å². The van der Waals surface area contributed by atoms with Crippen LogP contribution in [0, 0.1) is 0 Å². The summed E-state index contributed by atoms with van der Waals surface area (Å²) >= 11 is 1.54. The molecule has 2 N–H and O–H groups in total. The standard InChI is InChI=1S/C24H27N3O3S/c28-23(26-15-19-9-6-14-30-19)17-31-22-16-27(21-11-5-4-10-20(21)22)13-12-25-24(29)18-7-2-1-3-8-18/h1-5,7-8,10-11,16,19H,6,9,12-15,17H2,(H,25,29)(H,26,28)/t19-/m0/s1. The van der Waals surface area contributed by atoms with E-state index < -0.39 is 0 Å². The summed E-state index contributed by atoms with van der Waals surface area (Å²) in [6.45, 7) is 2.56. The van der Waals surface area contributed by atoms with E-state index in [1.807, 2.05) is 30.3 Å². The predicted octanol–water partition coefficient (Wildman–Crippen LogP) is 3.46. The number of fused-ring (bicyclic) bond motifs is 1. The summed E-state index contributed by atoms with van der Waals surface area (Å²) in [6, 6.07) is 17.4. The minimum absolute atomic E-state index is 0.0208. The normalized spacial score (nSPS) is 15.8. The maximum absolute atomic E-state index is 12.3. The zero-order valence-corrected chi connectivity index (χ0v) is 18.2. The highest BCUT2D eigenvalue weighted by Gasteiger charge is 2.17. The van der Waals surface area contributed by atoms with Gasteiger partial charge in [-0.1, -0.05) is 36.4 Å². The third kappa shape index (κ3) is 5.68. The topological polar surface area (TPSA) is 72.4 Å².